The topological polar surface area (TPSA) is 94.2 Å². The molecule has 2 rings (SSSR count). The van der Waals surface area contributed by atoms with Crippen LogP contribution in [0.1, 0.15) is 21.6 Å². The Morgan fingerprint density at radius 1 is 1.16 bits per heavy atom. The molecule has 0 aliphatic heterocycles. The molecular formula is C16H14F3N3O3. The number of rotatable bonds is 4. The molecule has 2 amide bonds. The van der Waals surface area contributed by atoms with E-state index in [-0.39, 0.29) is 5.56 Å². The van der Waals surface area contributed by atoms with E-state index in [0.29, 0.717) is 17.3 Å². The Bertz CT molecular complexity index is 938. The maximum atomic E-state index is 13.6. The molecule has 25 heavy (non-hydrogen) atoms. The summed E-state index contributed by atoms with van der Waals surface area (Å²) in [5.74, 6) is -6.48. The van der Waals surface area contributed by atoms with Crippen molar-refractivity contribution in [1.82, 2.24) is 4.57 Å². The summed E-state index contributed by atoms with van der Waals surface area (Å²) in [5.41, 5.74) is 4.28. The van der Waals surface area contributed by atoms with Gasteiger partial charge in [-0.15, -0.1) is 0 Å². The van der Waals surface area contributed by atoms with Gasteiger partial charge in [-0.1, -0.05) is 0 Å². The van der Waals surface area contributed by atoms with E-state index in [9.17, 15) is 27.6 Å². The number of aromatic nitrogens is 1. The van der Waals surface area contributed by atoms with Crippen molar-refractivity contribution in [2.75, 3.05) is 5.32 Å². The number of nitrogens with zero attached hydrogens (tertiary/aromatic N) is 1. The number of anilines is 1. The number of primary amides is 1. The molecule has 0 aliphatic rings. The number of benzene rings is 1. The van der Waals surface area contributed by atoms with Gasteiger partial charge >= 0.3 is 0 Å². The lowest BCUT2D eigenvalue weighted by atomic mass is 10.1. The number of carbonyl (C=O) groups excluding carboxylic acids is 2. The van der Waals surface area contributed by atoms with Crippen molar-refractivity contribution in [2.45, 2.75) is 20.4 Å². The molecule has 0 saturated carbocycles. The number of pyridine rings is 1. The van der Waals surface area contributed by atoms with Gasteiger partial charge < -0.3 is 15.6 Å². The highest BCUT2D eigenvalue weighted by atomic mass is 19.2. The van der Waals surface area contributed by atoms with E-state index in [2.05, 4.69) is 0 Å². The summed E-state index contributed by atoms with van der Waals surface area (Å²) in [7, 11) is 0. The molecule has 132 valence electrons. The fourth-order valence-corrected chi connectivity index (χ4v) is 2.38. The Morgan fingerprint density at radius 2 is 1.80 bits per heavy atom. The number of carbonyl (C=O) groups is 2. The lowest BCUT2D eigenvalue weighted by molar-refractivity contribution is -0.116. The monoisotopic (exact) mass is 353 g/mol. The minimum atomic E-state index is -1.72. The first-order chi connectivity index (χ1) is 11.6. The van der Waals surface area contributed by atoms with Crippen LogP contribution < -0.4 is 16.6 Å². The van der Waals surface area contributed by atoms with Crippen LogP contribution in [0.2, 0.25) is 0 Å². The van der Waals surface area contributed by atoms with E-state index >= 15 is 0 Å². The minimum absolute atomic E-state index is 0.266. The maximum Gasteiger partial charge on any atom is 0.264 e. The average molecular weight is 353 g/mol. The van der Waals surface area contributed by atoms with E-state index in [0.717, 1.165) is 10.6 Å². The molecule has 6 nitrogen and oxygen atoms in total. The fourth-order valence-electron chi connectivity index (χ4n) is 2.38. The normalized spacial score (nSPS) is 10.6. The summed E-state index contributed by atoms with van der Waals surface area (Å²) < 4.78 is 40.6. The molecule has 1 aromatic carbocycles. The molecule has 0 unspecified atom stereocenters. The third kappa shape index (κ3) is 3.54. The lowest BCUT2D eigenvalue weighted by Crippen LogP contribution is -2.35. The summed E-state index contributed by atoms with van der Waals surface area (Å²) in [5, 5.41) is 2.05. The van der Waals surface area contributed by atoms with Gasteiger partial charge in [-0.25, -0.2) is 13.2 Å². The second-order valence-corrected chi connectivity index (χ2v) is 5.37. The van der Waals surface area contributed by atoms with Gasteiger partial charge in [0, 0.05) is 5.69 Å². The fraction of sp³-hybridized carbons (Fsp3) is 0.188. The Hall–Kier alpha value is -3.10. The number of aryl methyl sites for hydroxylation is 2. The first-order valence-electron chi connectivity index (χ1n) is 7.07. The summed E-state index contributed by atoms with van der Waals surface area (Å²) in [4.78, 5) is 35.7. The van der Waals surface area contributed by atoms with Gasteiger partial charge in [0.25, 0.3) is 11.5 Å². The summed E-state index contributed by atoms with van der Waals surface area (Å²) in [6.45, 7) is 2.49. The molecule has 2 aromatic rings. The number of hydrogen-bond acceptors (Lipinski definition) is 3. The van der Waals surface area contributed by atoms with Gasteiger partial charge in [-0.05, 0) is 37.6 Å². The van der Waals surface area contributed by atoms with Crippen molar-refractivity contribution in [3.63, 3.8) is 0 Å². The van der Waals surface area contributed by atoms with Crippen molar-refractivity contribution in [3.05, 3.63) is 62.8 Å². The summed E-state index contributed by atoms with van der Waals surface area (Å²) >= 11 is 0. The molecule has 9 heteroatoms. The molecule has 0 aliphatic carbocycles. The van der Waals surface area contributed by atoms with Gasteiger partial charge in [0.15, 0.2) is 17.5 Å². The zero-order chi connectivity index (χ0) is 18.9. The molecule has 0 bridgehead atoms. The van der Waals surface area contributed by atoms with Gasteiger partial charge in [0.05, 0.1) is 5.69 Å². The average Bonchev–Trinajstić information content (AvgIpc) is 2.51. The molecule has 0 atom stereocenters. The van der Waals surface area contributed by atoms with Gasteiger partial charge in [-0.2, -0.15) is 0 Å². The van der Waals surface area contributed by atoms with Crippen LogP contribution in [0, 0.1) is 31.3 Å². The van der Waals surface area contributed by atoms with Crippen molar-refractivity contribution in [3.8, 4) is 0 Å². The van der Waals surface area contributed by atoms with Crippen LogP contribution in [-0.4, -0.2) is 16.4 Å². The lowest BCUT2D eigenvalue weighted by Gasteiger charge is -2.13. The Labute approximate surface area is 140 Å². The Kier molecular flexibility index (Phi) is 4.96. The van der Waals surface area contributed by atoms with Crippen molar-refractivity contribution < 1.29 is 22.8 Å². The first kappa shape index (κ1) is 18.2. The number of hydrogen-bond donors (Lipinski definition) is 2. The number of nitrogens with one attached hydrogen (secondary N) is 1. The molecule has 1 aromatic heterocycles. The Morgan fingerprint density at radius 3 is 2.40 bits per heavy atom. The van der Waals surface area contributed by atoms with Crippen LogP contribution in [0.4, 0.5) is 18.9 Å². The highest BCUT2D eigenvalue weighted by Crippen LogP contribution is 2.19. The van der Waals surface area contributed by atoms with Gasteiger partial charge in [-0.3, -0.25) is 14.4 Å². The van der Waals surface area contributed by atoms with Crippen LogP contribution in [0.5, 0.6) is 0 Å². The van der Waals surface area contributed by atoms with Crippen LogP contribution >= 0.6 is 0 Å². The number of amides is 2. The molecule has 0 fully saturated rings. The highest BCUT2D eigenvalue weighted by Gasteiger charge is 2.19. The first-order valence-corrected chi connectivity index (χ1v) is 7.07. The highest BCUT2D eigenvalue weighted by molar-refractivity contribution is 5.94. The number of halogens is 3. The standard InChI is InChI=1S/C16H14F3N3O3/c1-7-5-8(2)22(16(25)12(7)15(20)24)6-11(23)21-10-4-3-9(17)13(18)14(10)19/h3-5H,6H2,1-2H3,(H2,20,24)(H,21,23). The third-order valence-corrected chi connectivity index (χ3v) is 3.56. The number of nitrogens with two attached hydrogens (primary N) is 1. The second kappa shape index (κ2) is 6.80. The molecular weight excluding hydrogens is 339 g/mol. The summed E-state index contributed by atoms with van der Waals surface area (Å²) in [6.07, 6.45) is 0. The van der Waals surface area contributed by atoms with E-state index in [1.165, 1.54) is 19.9 Å². The van der Waals surface area contributed by atoms with E-state index in [1.54, 1.807) is 0 Å². The van der Waals surface area contributed by atoms with E-state index in [4.69, 9.17) is 5.73 Å². The van der Waals surface area contributed by atoms with Crippen molar-refractivity contribution >= 4 is 17.5 Å². The third-order valence-electron chi connectivity index (χ3n) is 3.56. The van der Waals surface area contributed by atoms with Crippen molar-refractivity contribution in [2.24, 2.45) is 5.73 Å². The van der Waals surface area contributed by atoms with Gasteiger partial charge in [0.1, 0.15) is 12.1 Å². The van der Waals surface area contributed by atoms with Crippen LogP contribution in [0.15, 0.2) is 23.0 Å². The smallest absolute Gasteiger partial charge is 0.264 e. The van der Waals surface area contributed by atoms with Crippen LogP contribution in [0.3, 0.4) is 0 Å². The SMILES string of the molecule is Cc1cc(C)n(CC(=O)Nc2ccc(F)c(F)c2F)c(=O)c1C(N)=O. The predicted molar refractivity (Wildman–Crippen MR) is 83.6 cm³/mol. The van der Waals surface area contributed by atoms with Crippen molar-refractivity contribution in [1.29, 1.82) is 0 Å². The molecule has 3 N–H and O–H groups in total. The molecule has 0 spiro atoms. The summed E-state index contributed by atoms with van der Waals surface area (Å²) in [6, 6.07) is 3.00. The minimum Gasteiger partial charge on any atom is -0.365 e. The zero-order valence-electron chi connectivity index (χ0n) is 13.3. The van der Waals surface area contributed by atoms with E-state index < -0.39 is 47.1 Å². The van der Waals surface area contributed by atoms with Crippen LogP contribution in [-0.2, 0) is 11.3 Å². The largest absolute Gasteiger partial charge is 0.365 e. The predicted octanol–water partition coefficient (Wildman–Crippen LogP) is 1.62. The quantitative estimate of drug-likeness (QED) is 0.818. The molecule has 1 heterocycles. The Balaban J connectivity index is 2.33. The maximum absolute atomic E-state index is 13.6. The van der Waals surface area contributed by atoms with Gasteiger partial charge in [0.2, 0.25) is 5.91 Å². The molecule has 0 radical (unpaired) electrons. The molecule has 0 saturated heterocycles. The zero-order valence-corrected chi connectivity index (χ0v) is 13.3. The second-order valence-electron chi connectivity index (χ2n) is 5.37. The van der Waals surface area contributed by atoms with Crippen LogP contribution in [0.25, 0.3) is 0 Å². The van der Waals surface area contributed by atoms with E-state index in [1.807, 2.05) is 5.32 Å².